The van der Waals surface area contributed by atoms with E-state index in [1.54, 1.807) is 6.07 Å². The van der Waals surface area contributed by atoms with E-state index in [1.807, 2.05) is 44.2 Å². The van der Waals surface area contributed by atoms with Gasteiger partial charge in [0.2, 0.25) is 0 Å². The number of pyridine rings is 1. The Morgan fingerprint density at radius 3 is 2.46 bits per heavy atom. The molecule has 0 amide bonds. The first kappa shape index (κ1) is 10.0. The Morgan fingerprint density at radius 1 is 1.00 bits per heavy atom. The van der Waals surface area contributed by atoms with Gasteiger partial charge in [0.1, 0.15) is 5.15 Å². The second-order valence-electron chi connectivity index (χ2n) is 2.33. The predicted molar refractivity (Wildman–Crippen MR) is 58.1 cm³/mol. The molecule has 0 atom stereocenters. The Hall–Kier alpha value is -1.08. The molecule has 1 aromatic heterocycles. The molecule has 0 spiro atoms. The van der Waals surface area contributed by atoms with Crippen LogP contribution in [0.5, 0.6) is 0 Å². The van der Waals surface area contributed by atoms with E-state index in [2.05, 4.69) is 4.98 Å². The number of hydrogen-bond acceptors (Lipinski definition) is 1. The number of aromatic nitrogens is 1. The first-order valence-corrected chi connectivity index (χ1v) is 4.75. The molecule has 1 heterocycles. The molecule has 1 aromatic carbocycles. The summed E-state index contributed by atoms with van der Waals surface area (Å²) in [6.07, 6.45) is 0. The van der Waals surface area contributed by atoms with Gasteiger partial charge in [0.15, 0.2) is 0 Å². The normalized spacial score (nSPS) is 9.15. The fourth-order valence-corrected chi connectivity index (χ4v) is 1.20. The Bertz CT molecular complexity index is 385. The molecular weight excluding hydrogens is 182 g/mol. The summed E-state index contributed by atoms with van der Waals surface area (Å²) in [5, 5.41) is 1.67. The third-order valence-electron chi connectivity index (χ3n) is 1.56. The summed E-state index contributed by atoms with van der Waals surface area (Å²) in [5.41, 5.74) is 0.944. The van der Waals surface area contributed by atoms with Crippen molar-refractivity contribution in [1.29, 1.82) is 0 Å². The van der Waals surface area contributed by atoms with Gasteiger partial charge in [-0.3, -0.25) is 0 Å². The van der Waals surface area contributed by atoms with Gasteiger partial charge in [-0.15, -0.1) is 0 Å². The molecule has 0 radical (unpaired) electrons. The third-order valence-corrected chi connectivity index (χ3v) is 1.77. The predicted octanol–water partition coefficient (Wildman–Crippen LogP) is 3.91. The van der Waals surface area contributed by atoms with Gasteiger partial charge in [-0.2, -0.15) is 0 Å². The lowest BCUT2D eigenvalue weighted by atomic mass is 10.2. The first-order chi connectivity index (χ1) is 6.36. The molecule has 0 unspecified atom stereocenters. The summed E-state index contributed by atoms with van der Waals surface area (Å²) in [5.74, 6) is 0. The van der Waals surface area contributed by atoms with E-state index < -0.39 is 0 Å². The molecule has 0 fully saturated rings. The van der Waals surface area contributed by atoms with Gasteiger partial charge in [-0.25, -0.2) is 4.98 Å². The van der Waals surface area contributed by atoms with Crippen molar-refractivity contribution in [2.75, 3.05) is 0 Å². The van der Waals surface area contributed by atoms with Gasteiger partial charge in [0.25, 0.3) is 0 Å². The summed E-state index contributed by atoms with van der Waals surface area (Å²) < 4.78 is 0. The highest BCUT2D eigenvalue weighted by Crippen LogP contribution is 2.13. The number of fused-ring (bicyclic) bond motifs is 1. The Balaban J connectivity index is 0.000000396. The van der Waals surface area contributed by atoms with E-state index in [4.69, 9.17) is 11.6 Å². The third kappa shape index (κ3) is 2.43. The summed E-state index contributed by atoms with van der Waals surface area (Å²) in [6.45, 7) is 4.00. The zero-order chi connectivity index (χ0) is 9.68. The van der Waals surface area contributed by atoms with Gasteiger partial charge >= 0.3 is 0 Å². The highest BCUT2D eigenvalue weighted by atomic mass is 35.5. The van der Waals surface area contributed by atoms with Gasteiger partial charge in [0, 0.05) is 5.39 Å². The van der Waals surface area contributed by atoms with Crippen LogP contribution >= 0.6 is 11.6 Å². The second-order valence-corrected chi connectivity index (χ2v) is 2.71. The fourth-order valence-electron chi connectivity index (χ4n) is 1.04. The topological polar surface area (TPSA) is 12.9 Å². The molecule has 2 heteroatoms. The molecule has 0 saturated carbocycles. The monoisotopic (exact) mass is 193 g/mol. The van der Waals surface area contributed by atoms with E-state index in [1.165, 1.54) is 0 Å². The van der Waals surface area contributed by atoms with E-state index in [-0.39, 0.29) is 0 Å². The molecular formula is C11H12ClN. The molecule has 0 bridgehead atoms. The molecule has 68 valence electrons. The van der Waals surface area contributed by atoms with Crippen LogP contribution in [-0.2, 0) is 0 Å². The van der Waals surface area contributed by atoms with E-state index >= 15 is 0 Å². The molecule has 0 N–H and O–H groups in total. The smallest absolute Gasteiger partial charge is 0.129 e. The number of benzene rings is 1. The Kier molecular flexibility index (Phi) is 3.71. The highest BCUT2D eigenvalue weighted by molar-refractivity contribution is 6.29. The maximum atomic E-state index is 5.71. The van der Waals surface area contributed by atoms with Crippen molar-refractivity contribution in [3.8, 4) is 0 Å². The summed E-state index contributed by atoms with van der Waals surface area (Å²) >= 11 is 5.71. The lowest BCUT2D eigenvalue weighted by molar-refractivity contribution is 1.41. The molecule has 1 nitrogen and oxygen atoms in total. The Morgan fingerprint density at radius 2 is 1.69 bits per heavy atom. The lowest BCUT2D eigenvalue weighted by Crippen LogP contribution is -1.76. The molecule has 0 aliphatic carbocycles. The van der Waals surface area contributed by atoms with E-state index in [0.29, 0.717) is 5.15 Å². The quantitative estimate of drug-likeness (QED) is 0.578. The van der Waals surface area contributed by atoms with E-state index in [0.717, 1.165) is 10.9 Å². The van der Waals surface area contributed by atoms with Crippen LogP contribution in [0.15, 0.2) is 36.4 Å². The van der Waals surface area contributed by atoms with Gasteiger partial charge in [-0.05, 0) is 18.2 Å². The molecule has 0 aliphatic rings. The van der Waals surface area contributed by atoms with Crippen molar-refractivity contribution in [2.24, 2.45) is 0 Å². The minimum atomic E-state index is 0.545. The van der Waals surface area contributed by atoms with Crippen LogP contribution in [-0.4, -0.2) is 4.98 Å². The van der Waals surface area contributed by atoms with Crippen LogP contribution in [0, 0.1) is 0 Å². The van der Waals surface area contributed by atoms with Crippen LogP contribution in [0.25, 0.3) is 10.9 Å². The minimum absolute atomic E-state index is 0.545. The average Bonchev–Trinajstić information content (AvgIpc) is 2.21. The van der Waals surface area contributed by atoms with Crippen molar-refractivity contribution in [1.82, 2.24) is 4.98 Å². The van der Waals surface area contributed by atoms with Crippen molar-refractivity contribution < 1.29 is 0 Å². The maximum absolute atomic E-state index is 5.71. The molecule has 0 saturated heterocycles. The number of rotatable bonds is 0. The molecule has 2 rings (SSSR count). The molecule has 2 aromatic rings. The van der Waals surface area contributed by atoms with Crippen molar-refractivity contribution >= 4 is 22.5 Å². The van der Waals surface area contributed by atoms with E-state index in [9.17, 15) is 0 Å². The fraction of sp³-hybridized carbons (Fsp3) is 0.182. The van der Waals surface area contributed by atoms with Crippen molar-refractivity contribution in [2.45, 2.75) is 13.8 Å². The SMILES string of the molecule is CC.Clc1ccc2ccccc2n1. The zero-order valence-corrected chi connectivity index (χ0v) is 8.55. The number of halogens is 1. The van der Waals surface area contributed by atoms with Crippen molar-refractivity contribution in [3.05, 3.63) is 41.6 Å². The standard InChI is InChI=1S/C9H6ClN.C2H6/c10-9-6-5-7-3-1-2-4-8(7)11-9;1-2/h1-6H;1-2H3. The largest absolute Gasteiger partial charge is 0.236 e. The summed E-state index contributed by atoms with van der Waals surface area (Å²) in [4.78, 5) is 4.14. The number of para-hydroxylation sites is 1. The van der Waals surface area contributed by atoms with Crippen LogP contribution in [0.2, 0.25) is 5.15 Å². The Labute approximate surface area is 83.4 Å². The van der Waals surface area contributed by atoms with Gasteiger partial charge in [-0.1, -0.05) is 43.6 Å². The highest BCUT2D eigenvalue weighted by Gasteiger charge is 1.92. The van der Waals surface area contributed by atoms with Crippen LogP contribution in [0.4, 0.5) is 0 Å². The summed E-state index contributed by atoms with van der Waals surface area (Å²) in [6, 6.07) is 11.7. The summed E-state index contributed by atoms with van der Waals surface area (Å²) in [7, 11) is 0. The first-order valence-electron chi connectivity index (χ1n) is 4.37. The van der Waals surface area contributed by atoms with Crippen LogP contribution < -0.4 is 0 Å². The average molecular weight is 194 g/mol. The number of nitrogens with zero attached hydrogens (tertiary/aromatic N) is 1. The molecule has 0 aliphatic heterocycles. The number of hydrogen-bond donors (Lipinski definition) is 0. The van der Waals surface area contributed by atoms with Gasteiger partial charge in [0.05, 0.1) is 5.52 Å². The van der Waals surface area contributed by atoms with Crippen molar-refractivity contribution in [3.63, 3.8) is 0 Å². The van der Waals surface area contributed by atoms with Crippen LogP contribution in [0.3, 0.4) is 0 Å². The lowest BCUT2D eigenvalue weighted by Gasteiger charge is -1.94. The maximum Gasteiger partial charge on any atom is 0.129 e. The van der Waals surface area contributed by atoms with Gasteiger partial charge < -0.3 is 0 Å². The second kappa shape index (κ2) is 4.83. The van der Waals surface area contributed by atoms with Crippen LogP contribution in [0.1, 0.15) is 13.8 Å². The molecule has 13 heavy (non-hydrogen) atoms. The zero-order valence-electron chi connectivity index (χ0n) is 7.79. The minimum Gasteiger partial charge on any atom is -0.236 e.